The van der Waals surface area contributed by atoms with Crippen molar-refractivity contribution >= 4 is 0 Å². The molecule has 0 saturated heterocycles. The Morgan fingerprint density at radius 2 is 1.43 bits per heavy atom. The van der Waals surface area contributed by atoms with Gasteiger partial charge in [0.25, 0.3) is 0 Å². The minimum absolute atomic E-state index is 0.453. The Morgan fingerprint density at radius 3 is 1.90 bits per heavy atom. The number of aryl methyl sites for hydroxylation is 4. The topological polar surface area (TPSA) is 50.7 Å². The molecule has 4 heteroatoms. The van der Waals surface area contributed by atoms with Crippen LogP contribution in [0.4, 0.5) is 0 Å². The van der Waals surface area contributed by atoms with Crippen LogP contribution >= 0.6 is 0 Å². The van der Waals surface area contributed by atoms with Gasteiger partial charge in [-0.25, -0.2) is 9.97 Å². The fraction of sp³-hybridized carbons (Fsp3) is 0.471. The molecule has 0 fully saturated rings. The van der Waals surface area contributed by atoms with Gasteiger partial charge in [-0.15, -0.1) is 0 Å². The van der Waals surface area contributed by atoms with Crippen molar-refractivity contribution in [3.63, 3.8) is 0 Å². The molecule has 2 aromatic heterocycles. The highest BCUT2D eigenvalue weighted by Gasteiger charge is 2.11. The Labute approximate surface area is 127 Å². The van der Waals surface area contributed by atoms with Crippen LogP contribution < -0.4 is 5.32 Å². The van der Waals surface area contributed by atoms with Crippen molar-refractivity contribution in [3.8, 4) is 11.4 Å². The molecule has 112 valence electrons. The third-order valence-electron chi connectivity index (χ3n) is 3.45. The van der Waals surface area contributed by atoms with E-state index in [1.807, 2.05) is 26.0 Å². The summed E-state index contributed by atoms with van der Waals surface area (Å²) in [7, 11) is 0. The summed E-state index contributed by atoms with van der Waals surface area (Å²) in [5.41, 5.74) is 6.30. The lowest BCUT2D eigenvalue weighted by Gasteiger charge is -2.14. The van der Waals surface area contributed by atoms with Crippen LogP contribution in [0.1, 0.15) is 42.2 Å². The molecule has 0 bridgehead atoms. The Bertz CT molecular complexity index is 604. The zero-order valence-electron chi connectivity index (χ0n) is 13.8. The third kappa shape index (κ3) is 3.85. The van der Waals surface area contributed by atoms with Gasteiger partial charge in [-0.1, -0.05) is 13.8 Å². The molecule has 0 atom stereocenters. The van der Waals surface area contributed by atoms with Crippen LogP contribution in [-0.2, 0) is 6.54 Å². The summed E-state index contributed by atoms with van der Waals surface area (Å²) in [5.74, 6) is 0.784. The normalized spacial score (nSPS) is 11.2. The maximum absolute atomic E-state index is 4.69. The van der Waals surface area contributed by atoms with Gasteiger partial charge in [0.05, 0.1) is 0 Å². The fourth-order valence-corrected chi connectivity index (χ4v) is 2.39. The second kappa shape index (κ2) is 6.31. The zero-order chi connectivity index (χ0) is 15.6. The van der Waals surface area contributed by atoms with Crippen molar-refractivity contribution in [1.82, 2.24) is 20.3 Å². The lowest BCUT2D eigenvalue weighted by atomic mass is 10.1. The van der Waals surface area contributed by atoms with E-state index in [-0.39, 0.29) is 0 Å². The van der Waals surface area contributed by atoms with E-state index >= 15 is 0 Å². The molecule has 0 radical (unpaired) electrons. The van der Waals surface area contributed by atoms with E-state index in [1.165, 1.54) is 5.56 Å². The maximum Gasteiger partial charge on any atom is 0.159 e. The van der Waals surface area contributed by atoms with Crippen molar-refractivity contribution in [2.45, 2.75) is 54.1 Å². The highest BCUT2D eigenvalue weighted by molar-refractivity contribution is 5.56. The summed E-state index contributed by atoms with van der Waals surface area (Å²) in [6.07, 6.45) is 0. The van der Waals surface area contributed by atoms with E-state index in [1.54, 1.807) is 0 Å². The molecule has 0 saturated carbocycles. The van der Waals surface area contributed by atoms with Gasteiger partial charge in [0.2, 0.25) is 0 Å². The van der Waals surface area contributed by atoms with Gasteiger partial charge in [0, 0.05) is 46.5 Å². The number of nitrogens with one attached hydrogen (secondary N) is 1. The van der Waals surface area contributed by atoms with Crippen LogP contribution in [-0.4, -0.2) is 21.0 Å². The van der Waals surface area contributed by atoms with Gasteiger partial charge >= 0.3 is 0 Å². The van der Waals surface area contributed by atoms with E-state index in [0.717, 1.165) is 40.7 Å². The van der Waals surface area contributed by atoms with Gasteiger partial charge in [-0.05, 0) is 39.8 Å². The molecule has 0 aliphatic rings. The SMILES string of the molecule is Cc1cc(-c2nc(C)c(CNC(C)C)c(C)n2)cc(C)n1. The summed E-state index contributed by atoms with van der Waals surface area (Å²) < 4.78 is 0. The van der Waals surface area contributed by atoms with Crippen LogP contribution in [0.25, 0.3) is 11.4 Å². The van der Waals surface area contributed by atoms with Crippen LogP contribution in [0.5, 0.6) is 0 Å². The first-order valence-corrected chi connectivity index (χ1v) is 7.40. The Hall–Kier alpha value is -1.81. The summed E-state index contributed by atoms with van der Waals surface area (Å²) in [6.45, 7) is 13.2. The molecule has 0 aromatic carbocycles. The first kappa shape index (κ1) is 15.6. The first-order chi connectivity index (χ1) is 9.86. The monoisotopic (exact) mass is 284 g/mol. The van der Waals surface area contributed by atoms with Gasteiger partial charge in [0.15, 0.2) is 5.82 Å². The maximum atomic E-state index is 4.69. The Morgan fingerprint density at radius 1 is 0.905 bits per heavy atom. The molecule has 4 nitrogen and oxygen atoms in total. The molecular formula is C17H24N4. The average Bonchev–Trinajstić information content (AvgIpc) is 2.36. The molecular weight excluding hydrogens is 260 g/mol. The smallest absolute Gasteiger partial charge is 0.159 e. The first-order valence-electron chi connectivity index (χ1n) is 7.40. The van der Waals surface area contributed by atoms with E-state index in [9.17, 15) is 0 Å². The van der Waals surface area contributed by atoms with Gasteiger partial charge in [-0.3, -0.25) is 4.98 Å². The van der Waals surface area contributed by atoms with Crippen LogP contribution in [0.15, 0.2) is 12.1 Å². The standard InChI is InChI=1S/C17H24N4/c1-10(2)18-9-16-13(5)20-17(21-14(16)6)15-7-11(3)19-12(4)8-15/h7-8,10,18H,9H2,1-6H3. The number of rotatable bonds is 4. The predicted octanol–water partition coefficient (Wildman–Crippen LogP) is 3.27. The zero-order valence-corrected chi connectivity index (χ0v) is 13.8. The molecule has 0 amide bonds. The summed E-state index contributed by atoms with van der Waals surface area (Å²) in [6, 6.07) is 4.52. The molecule has 0 aliphatic carbocycles. The summed E-state index contributed by atoms with van der Waals surface area (Å²) >= 11 is 0. The molecule has 0 spiro atoms. The highest BCUT2D eigenvalue weighted by Crippen LogP contribution is 2.20. The fourth-order valence-electron chi connectivity index (χ4n) is 2.39. The second-order valence-corrected chi connectivity index (χ2v) is 5.87. The largest absolute Gasteiger partial charge is 0.310 e. The lowest BCUT2D eigenvalue weighted by molar-refractivity contribution is 0.583. The summed E-state index contributed by atoms with van der Waals surface area (Å²) in [5, 5.41) is 3.43. The molecule has 21 heavy (non-hydrogen) atoms. The van der Waals surface area contributed by atoms with Crippen LogP contribution in [0.2, 0.25) is 0 Å². The predicted molar refractivity (Wildman–Crippen MR) is 86.2 cm³/mol. The van der Waals surface area contributed by atoms with Crippen LogP contribution in [0.3, 0.4) is 0 Å². The van der Waals surface area contributed by atoms with Crippen molar-refractivity contribution in [3.05, 3.63) is 40.5 Å². The molecule has 1 N–H and O–H groups in total. The highest BCUT2D eigenvalue weighted by atomic mass is 14.9. The number of nitrogens with zero attached hydrogens (tertiary/aromatic N) is 3. The minimum Gasteiger partial charge on any atom is -0.310 e. The Balaban J connectivity index is 2.39. The Kier molecular flexibility index (Phi) is 4.68. The molecule has 2 heterocycles. The van der Waals surface area contributed by atoms with Crippen molar-refractivity contribution in [2.24, 2.45) is 0 Å². The molecule has 0 aliphatic heterocycles. The van der Waals surface area contributed by atoms with E-state index in [2.05, 4.69) is 48.0 Å². The average molecular weight is 284 g/mol. The van der Waals surface area contributed by atoms with E-state index in [4.69, 9.17) is 0 Å². The minimum atomic E-state index is 0.453. The van der Waals surface area contributed by atoms with Gasteiger partial charge < -0.3 is 5.32 Å². The quantitative estimate of drug-likeness (QED) is 0.936. The van der Waals surface area contributed by atoms with Gasteiger partial charge in [0.1, 0.15) is 0 Å². The molecule has 2 aromatic rings. The van der Waals surface area contributed by atoms with Gasteiger partial charge in [-0.2, -0.15) is 0 Å². The molecule has 2 rings (SSSR count). The molecule has 0 unspecified atom stereocenters. The third-order valence-corrected chi connectivity index (χ3v) is 3.45. The number of aromatic nitrogens is 3. The van der Waals surface area contributed by atoms with E-state index < -0.39 is 0 Å². The van der Waals surface area contributed by atoms with Crippen LogP contribution in [0, 0.1) is 27.7 Å². The number of hydrogen-bond donors (Lipinski definition) is 1. The van der Waals surface area contributed by atoms with Crippen molar-refractivity contribution < 1.29 is 0 Å². The van der Waals surface area contributed by atoms with E-state index in [0.29, 0.717) is 6.04 Å². The number of pyridine rings is 1. The lowest BCUT2D eigenvalue weighted by Crippen LogP contribution is -2.23. The number of hydrogen-bond acceptors (Lipinski definition) is 4. The van der Waals surface area contributed by atoms with Crippen molar-refractivity contribution in [1.29, 1.82) is 0 Å². The van der Waals surface area contributed by atoms with Crippen molar-refractivity contribution in [2.75, 3.05) is 0 Å². The summed E-state index contributed by atoms with van der Waals surface area (Å²) in [4.78, 5) is 13.8. The second-order valence-electron chi connectivity index (χ2n) is 5.87.